The Balaban J connectivity index is 1.45. The summed E-state index contributed by atoms with van der Waals surface area (Å²) in [5, 5.41) is 4.74. The summed E-state index contributed by atoms with van der Waals surface area (Å²) < 4.78 is 25.2. The van der Waals surface area contributed by atoms with Crippen molar-refractivity contribution in [3.05, 3.63) is 72.4 Å². The fourth-order valence-electron chi connectivity index (χ4n) is 3.88. The van der Waals surface area contributed by atoms with Crippen molar-refractivity contribution < 1.29 is 13.2 Å². The molecule has 1 aromatic carbocycles. The Morgan fingerprint density at radius 3 is 2.65 bits per heavy atom. The maximum Gasteiger partial charge on any atom is 0.293 e. The standard InChI is InChI=1S/C22H21N5O3S/c28-22(25-20-17-6-2-1-5-16(17)8-9-23-20)21-24-18(19-7-3-4-10-27(19)21)15-26-11-13-31(29,30)14-12-26/h1-10H,11-15H2,(H,23,25,28). The number of aromatic nitrogens is 3. The molecule has 4 heterocycles. The number of hydrogen-bond acceptors (Lipinski definition) is 6. The minimum absolute atomic E-state index is 0.152. The smallest absolute Gasteiger partial charge is 0.293 e. The number of amides is 1. The van der Waals surface area contributed by atoms with Crippen LogP contribution in [0.2, 0.25) is 0 Å². The fraction of sp³-hybridized carbons (Fsp3) is 0.227. The summed E-state index contributed by atoms with van der Waals surface area (Å²) in [5.41, 5.74) is 1.57. The topological polar surface area (TPSA) is 96.7 Å². The van der Waals surface area contributed by atoms with Crippen LogP contribution in [0, 0.1) is 0 Å². The van der Waals surface area contributed by atoms with Crippen molar-refractivity contribution in [1.29, 1.82) is 0 Å². The summed E-state index contributed by atoms with van der Waals surface area (Å²) >= 11 is 0. The first-order valence-electron chi connectivity index (χ1n) is 10.0. The largest absolute Gasteiger partial charge is 0.303 e. The van der Waals surface area contributed by atoms with E-state index in [1.54, 1.807) is 16.8 Å². The molecule has 8 nitrogen and oxygen atoms in total. The van der Waals surface area contributed by atoms with Gasteiger partial charge in [0.2, 0.25) is 5.82 Å². The van der Waals surface area contributed by atoms with Gasteiger partial charge in [-0.1, -0.05) is 30.3 Å². The number of fused-ring (bicyclic) bond motifs is 2. The quantitative estimate of drug-likeness (QED) is 0.529. The van der Waals surface area contributed by atoms with E-state index in [4.69, 9.17) is 0 Å². The van der Waals surface area contributed by atoms with Gasteiger partial charge in [-0.2, -0.15) is 0 Å². The highest BCUT2D eigenvalue weighted by atomic mass is 32.2. The Morgan fingerprint density at radius 1 is 1.03 bits per heavy atom. The van der Waals surface area contributed by atoms with Gasteiger partial charge in [-0.15, -0.1) is 0 Å². The van der Waals surface area contributed by atoms with Crippen LogP contribution in [0.15, 0.2) is 60.9 Å². The number of anilines is 1. The molecule has 5 rings (SSSR count). The number of imidazole rings is 1. The van der Waals surface area contributed by atoms with Crippen LogP contribution in [0.25, 0.3) is 16.3 Å². The third-order valence-corrected chi connectivity index (χ3v) is 7.15. The third-order valence-electron chi connectivity index (χ3n) is 5.54. The molecule has 0 atom stereocenters. The number of nitrogens with zero attached hydrogens (tertiary/aromatic N) is 4. The monoisotopic (exact) mass is 435 g/mol. The molecule has 0 unspecified atom stereocenters. The van der Waals surface area contributed by atoms with Crippen molar-refractivity contribution in [2.45, 2.75) is 6.54 Å². The highest BCUT2D eigenvalue weighted by molar-refractivity contribution is 7.91. The molecular formula is C22H21N5O3S. The molecule has 0 spiro atoms. The van der Waals surface area contributed by atoms with E-state index in [2.05, 4.69) is 20.2 Å². The third kappa shape index (κ3) is 3.89. The van der Waals surface area contributed by atoms with E-state index in [1.807, 2.05) is 48.5 Å². The first-order valence-corrected chi connectivity index (χ1v) is 11.9. The lowest BCUT2D eigenvalue weighted by Gasteiger charge is -2.25. The summed E-state index contributed by atoms with van der Waals surface area (Å²) in [6.07, 6.45) is 3.47. The zero-order chi connectivity index (χ0) is 21.4. The summed E-state index contributed by atoms with van der Waals surface area (Å²) in [4.78, 5) is 24.2. The van der Waals surface area contributed by atoms with E-state index in [0.717, 1.165) is 22.0 Å². The molecule has 0 radical (unpaired) electrons. The Bertz CT molecular complexity index is 1380. The number of carbonyl (C=O) groups excluding carboxylic acids is 1. The molecule has 3 aromatic heterocycles. The Kier molecular flexibility index (Phi) is 4.91. The Morgan fingerprint density at radius 2 is 1.81 bits per heavy atom. The second kappa shape index (κ2) is 7.75. The normalized spacial score (nSPS) is 16.5. The molecule has 1 fully saturated rings. The van der Waals surface area contributed by atoms with Gasteiger partial charge in [0.15, 0.2) is 9.84 Å². The van der Waals surface area contributed by atoms with Gasteiger partial charge in [-0.3, -0.25) is 14.1 Å². The van der Waals surface area contributed by atoms with Gasteiger partial charge in [0.1, 0.15) is 5.82 Å². The lowest BCUT2D eigenvalue weighted by molar-refractivity contribution is 0.101. The van der Waals surface area contributed by atoms with Crippen LogP contribution in [0.1, 0.15) is 16.3 Å². The predicted octanol–water partition coefficient (Wildman–Crippen LogP) is 2.37. The summed E-state index contributed by atoms with van der Waals surface area (Å²) in [6, 6.07) is 15.3. The van der Waals surface area contributed by atoms with Crippen LogP contribution >= 0.6 is 0 Å². The number of pyridine rings is 2. The molecule has 0 saturated carbocycles. The van der Waals surface area contributed by atoms with Gasteiger partial charge in [0.05, 0.1) is 22.7 Å². The number of rotatable bonds is 4. The van der Waals surface area contributed by atoms with E-state index < -0.39 is 9.84 Å². The lowest BCUT2D eigenvalue weighted by atomic mass is 10.1. The van der Waals surface area contributed by atoms with Gasteiger partial charge >= 0.3 is 0 Å². The Labute approximate surface area is 179 Å². The van der Waals surface area contributed by atoms with Gasteiger partial charge in [0, 0.05) is 37.4 Å². The zero-order valence-corrected chi connectivity index (χ0v) is 17.5. The SMILES string of the molecule is O=C(Nc1nccc2ccccc12)c1nc(CN2CCS(=O)(=O)CC2)c2ccccn12. The van der Waals surface area contributed by atoms with Gasteiger partial charge in [-0.25, -0.2) is 18.4 Å². The van der Waals surface area contributed by atoms with Crippen molar-refractivity contribution in [3.63, 3.8) is 0 Å². The molecule has 0 bridgehead atoms. The van der Waals surface area contributed by atoms with Crippen LogP contribution in [-0.4, -0.2) is 58.2 Å². The first kappa shape index (κ1) is 19.7. The molecule has 1 amide bonds. The van der Waals surface area contributed by atoms with Crippen molar-refractivity contribution in [2.24, 2.45) is 0 Å². The number of carbonyl (C=O) groups is 1. The number of sulfone groups is 1. The second-order valence-electron chi connectivity index (χ2n) is 7.60. The van der Waals surface area contributed by atoms with E-state index in [0.29, 0.717) is 25.5 Å². The number of nitrogens with one attached hydrogen (secondary N) is 1. The molecule has 1 aliphatic heterocycles. The lowest BCUT2D eigenvalue weighted by Crippen LogP contribution is -2.39. The second-order valence-corrected chi connectivity index (χ2v) is 9.90. The van der Waals surface area contributed by atoms with Crippen LogP contribution in [0.3, 0.4) is 0 Å². The molecule has 31 heavy (non-hydrogen) atoms. The minimum Gasteiger partial charge on any atom is -0.303 e. The molecule has 1 N–H and O–H groups in total. The predicted molar refractivity (Wildman–Crippen MR) is 119 cm³/mol. The van der Waals surface area contributed by atoms with Gasteiger partial charge in [0.25, 0.3) is 5.91 Å². The summed E-state index contributed by atoms with van der Waals surface area (Å²) in [5.74, 6) is 0.707. The highest BCUT2D eigenvalue weighted by Gasteiger charge is 2.24. The van der Waals surface area contributed by atoms with E-state index >= 15 is 0 Å². The van der Waals surface area contributed by atoms with Crippen LogP contribution in [0.5, 0.6) is 0 Å². The molecule has 1 aliphatic rings. The molecule has 9 heteroatoms. The number of benzene rings is 1. The zero-order valence-electron chi connectivity index (χ0n) is 16.7. The highest BCUT2D eigenvalue weighted by Crippen LogP contribution is 2.22. The average molecular weight is 436 g/mol. The van der Waals surface area contributed by atoms with E-state index in [1.165, 1.54) is 0 Å². The maximum atomic E-state index is 13.1. The van der Waals surface area contributed by atoms with E-state index in [9.17, 15) is 13.2 Å². The van der Waals surface area contributed by atoms with Crippen LogP contribution in [-0.2, 0) is 16.4 Å². The van der Waals surface area contributed by atoms with Crippen LogP contribution < -0.4 is 5.32 Å². The summed E-state index contributed by atoms with van der Waals surface area (Å²) in [6.45, 7) is 1.42. The molecule has 158 valence electrons. The molecule has 4 aromatic rings. The first-order chi connectivity index (χ1) is 15.0. The van der Waals surface area contributed by atoms with Crippen molar-refractivity contribution in [3.8, 4) is 0 Å². The Hall–Kier alpha value is -3.30. The number of hydrogen-bond donors (Lipinski definition) is 1. The molecular weight excluding hydrogens is 414 g/mol. The maximum absolute atomic E-state index is 13.1. The van der Waals surface area contributed by atoms with Crippen molar-refractivity contribution in [2.75, 3.05) is 29.9 Å². The van der Waals surface area contributed by atoms with Crippen LogP contribution in [0.4, 0.5) is 5.82 Å². The van der Waals surface area contributed by atoms with Crippen molar-refractivity contribution in [1.82, 2.24) is 19.3 Å². The van der Waals surface area contributed by atoms with Crippen molar-refractivity contribution >= 4 is 37.9 Å². The van der Waals surface area contributed by atoms with E-state index in [-0.39, 0.29) is 23.2 Å². The summed E-state index contributed by atoms with van der Waals surface area (Å²) in [7, 11) is -2.95. The average Bonchev–Trinajstić information content (AvgIpc) is 3.14. The molecule has 0 aliphatic carbocycles. The minimum atomic E-state index is -2.95. The fourth-order valence-corrected chi connectivity index (χ4v) is 5.16. The van der Waals surface area contributed by atoms with Gasteiger partial charge in [-0.05, 0) is 23.6 Å². The molecule has 1 saturated heterocycles. The van der Waals surface area contributed by atoms with Gasteiger partial charge < -0.3 is 5.32 Å².